The van der Waals surface area contributed by atoms with Crippen LogP contribution in [0.3, 0.4) is 0 Å². The van der Waals surface area contributed by atoms with E-state index in [0.29, 0.717) is 0 Å². The molecule has 0 atom stereocenters. The van der Waals surface area contributed by atoms with E-state index in [1.165, 1.54) is 23.1 Å². The second kappa shape index (κ2) is 10.1. The summed E-state index contributed by atoms with van der Waals surface area (Å²) in [6.45, 7) is 1.59. The summed E-state index contributed by atoms with van der Waals surface area (Å²) in [4.78, 5) is 27.4. The van der Waals surface area contributed by atoms with E-state index in [0.717, 1.165) is 17.2 Å². The Morgan fingerprint density at radius 1 is 0.844 bits per heavy atom. The molecule has 3 aromatic rings. The average Bonchev–Trinajstić information content (AvgIpc) is 2.78. The number of likely N-dealkylation sites (N-methyl/N-ethyl adjacent to an activating group) is 1. The Hall–Kier alpha value is -3.61. The van der Waals surface area contributed by atoms with E-state index in [-0.39, 0.29) is 24.7 Å². The lowest BCUT2D eigenvalue weighted by atomic mass is 9.90. The van der Waals surface area contributed by atoms with Crippen LogP contribution < -0.4 is 5.32 Å². The predicted octanol–water partition coefficient (Wildman–Crippen LogP) is 5.32. The third-order valence-electron chi connectivity index (χ3n) is 5.05. The smallest absolute Gasteiger partial charge is 0.333 e. The number of anilines is 1. The Morgan fingerprint density at radius 3 is 1.84 bits per heavy atom. The van der Waals surface area contributed by atoms with Crippen molar-refractivity contribution < 1.29 is 22.8 Å². The van der Waals surface area contributed by atoms with E-state index in [9.17, 15) is 22.8 Å². The summed E-state index contributed by atoms with van der Waals surface area (Å²) in [5, 5.41) is 2.30. The molecule has 0 aliphatic carbocycles. The van der Waals surface area contributed by atoms with Gasteiger partial charge in [0.2, 0.25) is 11.8 Å². The minimum atomic E-state index is -4.60. The lowest BCUT2D eigenvalue weighted by Crippen LogP contribution is -2.41. The number of halogens is 3. The first-order valence-electron chi connectivity index (χ1n) is 10.2. The lowest BCUT2D eigenvalue weighted by Gasteiger charge is -2.27. The van der Waals surface area contributed by atoms with Gasteiger partial charge in [0.15, 0.2) is 0 Å². The maximum Gasteiger partial charge on any atom is 0.418 e. The van der Waals surface area contributed by atoms with Crippen LogP contribution in [0, 0.1) is 0 Å². The number of nitrogens with zero attached hydrogens (tertiary/aromatic N) is 1. The van der Waals surface area contributed by atoms with Crippen LogP contribution >= 0.6 is 0 Å². The van der Waals surface area contributed by atoms with Crippen LogP contribution in [-0.4, -0.2) is 29.8 Å². The van der Waals surface area contributed by atoms with Gasteiger partial charge in [0, 0.05) is 6.54 Å². The Labute approximate surface area is 184 Å². The molecule has 0 saturated carbocycles. The summed E-state index contributed by atoms with van der Waals surface area (Å²) in [7, 11) is 0. The van der Waals surface area contributed by atoms with Crippen molar-refractivity contribution in [3.05, 3.63) is 102 Å². The zero-order valence-electron chi connectivity index (χ0n) is 17.5. The SMILES string of the molecule is CCN(CC(=O)Nc1ccccc1C(F)(F)F)C(=O)C(c1ccccc1)c1ccccc1. The van der Waals surface area contributed by atoms with Crippen LogP contribution in [0.25, 0.3) is 0 Å². The largest absolute Gasteiger partial charge is 0.418 e. The highest BCUT2D eigenvalue weighted by atomic mass is 19.4. The maximum absolute atomic E-state index is 13.5. The molecule has 1 N–H and O–H groups in total. The minimum absolute atomic E-state index is 0.226. The zero-order valence-corrected chi connectivity index (χ0v) is 17.5. The van der Waals surface area contributed by atoms with Gasteiger partial charge in [0.05, 0.1) is 23.7 Å². The first kappa shape index (κ1) is 23.1. The molecule has 0 spiro atoms. The summed E-state index contributed by atoms with van der Waals surface area (Å²) in [5.41, 5.74) is 0.264. The van der Waals surface area contributed by atoms with Gasteiger partial charge in [-0.2, -0.15) is 13.2 Å². The normalized spacial score (nSPS) is 11.3. The van der Waals surface area contributed by atoms with Crippen LogP contribution in [-0.2, 0) is 15.8 Å². The topological polar surface area (TPSA) is 49.4 Å². The Bertz CT molecular complexity index is 1010. The fourth-order valence-electron chi connectivity index (χ4n) is 3.50. The molecule has 0 aliphatic heterocycles. The van der Waals surface area contributed by atoms with Crippen molar-refractivity contribution in [2.24, 2.45) is 0 Å². The fourth-order valence-corrected chi connectivity index (χ4v) is 3.50. The number of rotatable bonds is 7. The third-order valence-corrected chi connectivity index (χ3v) is 5.05. The molecule has 3 aromatic carbocycles. The molecule has 0 bridgehead atoms. The van der Waals surface area contributed by atoms with Gasteiger partial charge in [-0.3, -0.25) is 9.59 Å². The minimum Gasteiger partial charge on any atom is -0.333 e. The zero-order chi connectivity index (χ0) is 23.1. The van der Waals surface area contributed by atoms with E-state index in [1.54, 1.807) is 6.92 Å². The number of carbonyl (C=O) groups excluding carboxylic acids is 2. The van der Waals surface area contributed by atoms with Crippen molar-refractivity contribution >= 4 is 17.5 Å². The Kier molecular flexibility index (Phi) is 7.30. The molecule has 0 aromatic heterocycles. The van der Waals surface area contributed by atoms with Crippen LogP contribution in [0.2, 0.25) is 0 Å². The van der Waals surface area contributed by atoms with Crippen LogP contribution in [0.5, 0.6) is 0 Å². The standard InChI is InChI=1S/C25H23F3N2O2/c1-2-30(17-22(31)29-21-16-10-9-15-20(21)25(26,27)28)24(32)23(18-11-5-3-6-12-18)19-13-7-4-8-14-19/h3-16,23H,2,17H2,1H3,(H,29,31). The summed E-state index contributed by atoms with van der Waals surface area (Å²) in [6.07, 6.45) is -4.60. The summed E-state index contributed by atoms with van der Waals surface area (Å²) in [5.74, 6) is -1.63. The first-order chi connectivity index (χ1) is 15.3. The molecule has 4 nitrogen and oxygen atoms in total. The third kappa shape index (κ3) is 5.55. The summed E-state index contributed by atoms with van der Waals surface area (Å²) < 4.78 is 39.7. The molecule has 32 heavy (non-hydrogen) atoms. The number of alkyl halides is 3. The van der Waals surface area contributed by atoms with Gasteiger partial charge in [-0.05, 0) is 30.2 Å². The number of nitrogens with one attached hydrogen (secondary N) is 1. The van der Waals surface area contributed by atoms with Crippen LogP contribution in [0.15, 0.2) is 84.9 Å². The molecule has 0 radical (unpaired) electrons. The average molecular weight is 440 g/mol. The Morgan fingerprint density at radius 2 is 1.34 bits per heavy atom. The van der Waals surface area contributed by atoms with Gasteiger partial charge >= 0.3 is 6.18 Å². The highest BCUT2D eigenvalue weighted by Crippen LogP contribution is 2.34. The van der Waals surface area contributed by atoms with Crippen LogP contribution in [0.4, 0.5) is 18.9 Å². The number of hydrogen-bond acceptors (Lipinski definition) is 2. The molecule has 0 saturated heterocycles. The number of hydrogen-bond donors (Lipinski definition) is 1. The Balaban J connectivity index is 1.83. The second-order valence-corrected chi connectivity index (χ2v) is 7.20. The number of benzene rings is 3. The highest BCUT2D eigenvalue weighted by molar-refractivity contribution is 5.96. The lowest BCUT2D eigenvalue weighted by molar-refractivity contribution is -0.137. The fraction of sp³-hybridized carbons (Fsp3) is 0.200. The summed E-state index contributed by atoms with van der Waals surface area (Å²) in [6, 6.07) is 23.1. The maximum atomic E-state index is 13.5. The van der Waals surface area contributed by atoms with Gasteiger partial charge in [0.1, 0.15) is 0 Å². The molecule has 0 aliphatic rings. The van der Waals surface area contributed by atoms with Gasteiger partial charge in [0.25, 0.3) is 0 Å². The van der Waals surface area contributed by atoms with Gasteiger partial charge in [-0.25, -0.2) is 0 Å². The molecular formula is C25H23F3N2O2. The van der Waals surface area contributed by atoms with E-state index in [1.807, 2.05) is 60.7 Å². The molecule has 2 amide bonds. The predicted molar refractivity (Wildman–Crippen MR) is 117 cm³/mol. The second-order valence-electron chi connectivity index (χ2n) is 7.20. The van der Waals surface area contributed by atoms with Crippen molar-refractivity contribution in [3.63, 3.8) is 0 Å². The van der Waals surface area contributed by atoms with E-state index in [2.05, 4.69) is 5.32 Å². The molecular weight excluding hydrogens is 417 g/mol. The van der Waals surface area contributed by atoms with Crippen molar-refractivity contribution in [3.8, 4) is 0 Å². The molecule has 166 valence electrons. The van der Waals surface area contributed by atoms with Gasteiger partial charge in [-0.1, -0.05) is 72.8 Å². The molecule has 3 rings (SSSR count). The van der Waals surface area contributed by atoms with E-state index >= 15 is 0 Å². The van der Waals surface area contributed by atoms with Crippen LogP contribution in [0.1, 0.15) is 29.5 Å². The van der Waals surface area contributed by atoms with E-state index < -0.39 is 23.6 Å². The monoisotopic (exact) mass is 440 g/mol. The van der Waals surface area contributed by atoms with E-state index in [4.69, 9.17) is 0 Å². The molecule has 0 unspecified atom stereocenters. The van der Waals surface area contributed by atoms with Crippen molar-refractivity contribution in [1.82, 2.24) is 4.90 Å². The molecule has 7 heteroatoms. The number of carbonyl (C=O) groups is 2. The van der Waals surface area contributed by atoms with Crippen molar-refractivity contribution in [2.75, 3.05) is 18.4 Å². The molecule has 0 heterocycles. The first-order valence-corrected chi connectivity index (χ1v) is 10.2. The van der Waals surface area contributed by atoms with Crippen molar-refractivity contribution in [1.29, 1.82) is 0 Å². The molecule has 0 fully saturated rings. The van der Waals surface area contributed by atoms with Crippen molar-refractivity contribution in [2.45, 2.75) is 19.0 Å². The quantitative estimate of drug-likeness (QED) is 0.540. The number of amides is 2. The van der Waals surface area contributed by atoms with Gasteiger partial charge < -0.3 is 10.2 Å². The summed E-state index contributed by atoms with van der Waals surface area (Å²) >= 11 is 0. The highest BCUT2D eigenvalue weighted by Gasteiger charge is 2.34. The van der Waals surface area contributed by atoms with Gasteiger partial charge in [-0.15, -0.1) is 0 Å². The number of para-hydroxylation sites is 1.